The van der Waals surface area contributed by atoms with Crippen LogP contribution in [0.25, 0.3) is 0 Å². The topological polar surface area (TPSA) is 59.1 Å². The van der Waals surface area contributed by atoms with Gasteiger partial charge in [0, 0.05) is 35.6 Å². The van der Waals surface area contributed by atoms with Gasteiger partial charge in [0.25, 0.3) is 5.91 Å². The van der Waals surface area contributed by atoms with Gasteiger partial charge in [-0.2, -0.15) is 0 Å². The van der Waals surface area contributed by atoms with Crippen LogP contribution in [0.1, 0.15) is 47.6 Å². The lowest BCUT2D eigenvalue weighted by Crippen LogP contribution is -2.44. The zero-order chi connectivity index (χ0) is 22.1. The molecule has 168 valence electrons. The molecule has 0 unspecified atom stereocenters. The summed E-state index contributed by atoms with van der Waals surface area (Å²) in [5.41, 5.74) is 1.80. The van der Waals surface area contributed by atoms with Gasteiger partial charge in [-0.25, -0.2) is 0 Å². The van der Waals surface area contributed by atoms with Crippen molar-refractivity contribution in [3.8, 4) is 11.5 Å². The van der Waals surface area contributed by atoms with Crippen LogP contribution in [0.15, 0.2) is 46.9 Å². The van der Waals surface area contributed by atoms with E-state index in [1.165, 1.54) is 0 Å². The van der Waals surface area contributed by atoms with E-state index in [0.29, 0.717) is 44.7 Å². The number of carbonyl (C=O) groups excluding carboxylic acids is 2. The first-order valence-electron chi connectivity index (χ1n) is 11.3. The number of carbonyl (C=O) groups is 2. The highest BCUT2D eigenvalue weighted by Crippen LogP contribution is 2.39. The van der Waals surface area contributed by atoms with Gasteiger partial charge in [-0.1, -0.05) is 22.0 Å². The number of rotatable bonds is 3. The summed E-state index contributed by atoms with van der Waals surface area (Å²) in [7, 11) is 0. The molecule has 6 nitrogen and oxygen atoms in total. The minimum Gasteiger partial charge on any atom is -0.486 e. The number of hydrogen-bond acceptors (Lipinski definition) is 4. The summed E-state index contributed by atoms with van der Waals surface area (Å²) in [4.78, 5) is 30.1. The van der Waals surface area contributed by atoms with Crippen LogP contribution in [0.2, 0.25) is 0 Å². The molecule has 1 atom stereocenters. The summed E-state index contributed by atoms with van der Waals surface area (Å²) >= 11 is 3.41. The molecule has 2 saturated heterocycles. The summed E-state index contributed by atoms with van der Waals surface area (Å²) in [5, 5.41) is 0. The maximum atomic E-state index is 13.4. The lowest BCUT2D eigenvalue weighted by molar-refractivity contribution is -0.137. The molecule has 2 aromatic carbocycles. The number of ether oxygens (including phenoxy) is 2. The van der Waals surface area contributed by atoms with Gasteiger partial charge < -0.3 is 19.3 Å². The Morgan fingerprint density at radius 1 is 0.875 bits per heavy atom. The van der Waals surface area contributed by atoms with Crippen LogP contribution in [0.3, 0.4) is 0 Å². The van der Waals surface area contributed by atoms with E-state index in [1.807, 2.05) is 46.2 Å². The number of halogens is 1. The van der Waals surface area contributed by atoms with Crippen molar-refractivity contribution in [2.75, 3.05) is 32.8 Å². The van der Waals surface area contributed by atoms with Crippen LogP contribution in [0.5, 0.6) is 11.5 Å². The molecule has 0 aliphatic carbocycles. The van der Waals surface area contributed by atoms with E-state index in [9.17, 15) is 9.59 Å². The molecule has 32 heavy (non-hydrogen) atoms. The molecule has 2 fully saturated rings. The number of fused-ring (bicyclic) bond motifs is 1. The van der Waals surface area contributed by atoms with Crippen LogP contribution in [0, 0.1) is 5.92 Å². The van der Waals surface area contributed by atoms with Gasteiger partial charge in [0.1, 0.15) is 13.2 Å². The Balaban J connectivity index is 1.23. The van der Waals surface area contributed by atoms with Crippen molar-refractivity contribution in [3.63, 3.8) is 0 Å². The van der Waals surface area contributed by atoms with Crippen molar-refractivity contribution in [2.45, 2.75) is 31.7 Å². The van der Waals surface area contributed by atoms with Crippen LogP contribution >= 0.6 is 15.9 Å². The van der Waals surface area contributed by atoms with Crippen LogP contribution in [0.4, 0.5) is 0 Å². The second kappa shape index (κ2) is 9.14. The molecule has 0 bridgehead atoms. The van der Waals surface area contributed by atoms with Crippen molar-refractivity contribution in [1.29, 1.82) is 0 Å². The average Bonchev–Trinajstić information content (AvgIpc) is 3.33. The van der Waals surface area contributed by atoms with E-state index < -0.39 is 0 Å². The molecule has 0 spiro atoms. The van der Waals surface area contributed by atoms with Crippen LogP contribution in [-0.4, -0.2) is 54.5 Å². The van der Waals surface area contributed by atoms with Gasteiger partial charge in [0.2, 0.25) is 5.91 Å². The molecule has 2 aromatic rings. The van der Waals surface area contributed by atoms with E-state index in [0.717, 1.165) is 40.9 Å². The van der Waals surface area contributed by atoms with Crippen LogP contribution in [-0.2, 0) is 4.79 Å². The van der Waals surface area contributed by atoms with Gasteiger partial charge in [-0.05, 0) is 67.6 Å². The molecule has 0 saturated carbocycles. The van der Waals surface area contributed by atoms with Gasteiger partial charge in [-0.15, -0.1) is 0 Å². The first-order chi connectivity index (χ1) is 15.6. The second-order valence-corrected chi connectivity index (χ2v) is 9.58. The maximum absolute atomic E-state index is 13.4. The Hall–Kier alpha value is -2.54. The minimum absolute atomic E-state index is 0.0261. The Morgan fingerprint density at radius 3 is 2.34 bits per heavy atom. The molecule has 0 radical (unpaired) electrons. The van der Waals surface area contributed by atoms with E-state index in [4.69, 9.17) is 9.47 Å². The van der Waals surface area contributed by atoms with Crippen LogP contribution < -0.4 is 9.47 Å². The van der Waals surface area contributed by atoms with Crippen molar-refractivity contribution < 1.29 is 19.1 Å². The number of piperidine rings is 1. The average molecular weight is 499 g/mol. The maximum Gasteiger partial charge on any atom is 0.253 e. The zero-order valence-corrected chi connectivity index (χ0v) is 19.6. The predicted octanol–water partition coefficient (Wildman–Crippen LogP) is 4.44. The fraction of sp³-hybridized carbons (Fsp3) is 0.440. The Morgan fingerprint density at radius 2 is 1.59 bits per heavy atom. The Kier molecular flexibility index (Phi) is 6.09. The predicted molar refractivity (Wildman–Crippen MR) is 124 cm³/mol. The number of benzene rings is 2. The SMILES string of the molecule is O=C(c1ccc(Br)cc1)N1CCC(C(=O)N2CCC[C@@H]2c2ccc3c(c2)OCCO3)CC1. The summed E-state index contributed by atoms with van der Waals surface area (Å²) < 4.78 is 12.3. The standard InChI is InChI=1S/C25H27BrN2O4/c26-20-6-3-17(4-7-20)24(29)27-12-9-18(10-13-27)25(30)28-11-1-2-21(28)19-5-8-22-23(16-19)32-15-14-31-22/h3-8,16,18,21H,1-2,9-15H2/t21-/m1/s1. The lowest BCUT2D eigenvalue weighted by atomic mass is 9.93. The van der Waals surface area contributed by atoms with Gasteiger partial charge >= 0.3 is 0 Å². The second-order valence-electron chi connectivity index (χ2n) is 8.67. The highest BCUT2D eigenvalue weighted by molar-refractivity contribution is 9.10. The lowest BCUT2D eigenvalue weighted by Gasteiger charge is -2.35. The highest BCUT2D eigenvalue weighted by atomic mass is 79.9. The van der Waals surface area contributed by atoms with Crippen molar-refractivity contribution in [3.05, 3.63) is 58.1 Å². The zero-order valence-electron chi connectivity index (χ0n) is 18.0. The van der Waals surface area contributed by atoms with E-state index in [-0.39, 0.29) is 23.8 Å². The largest absolute Gasteiger partial charge is 0.486 e. The monoisotopic (exact) mass is 498 g/mol. The third kappa shape index (κ3) is 4.22. The molecule has 3 aliphatic heterocycles. The number of hydrogen-bond donors (Lipinski definition) is 0. The molecule has 0 N–H and O–H groups in total. The number of amides is 2. The normalized spacial score (nSPS) is 21.0. The van der Waals surface area contributed by atoms with E-state index in [2.05, 4.69) is 22.0 Å². The van der Waals surface area contributed by atoms with Crippen molar-refractivity contribution >= 4 is 27.7 Å². The quantitative estimate of drug-likeness (QED) is 0.627. The third-order valence-corrected chi connectivity index (χ3v) is 7.24. The number of nitrogens with zero attached hydrogens (tertiary/aromatic N) is 2. The van der Waals surface area contributed by atoms with E-state index in [1.54, 1.807) is 0 Å². The first-order valence-corrected chi connectivity index (χ1v) is 12.1. The molecular weight excluding hydrogens is 472 g/mol. The molecule has 0 aromatic heterocycles. The Labute approximate surface area is 196 Å². The molecular formula is C25H27BrN2O4. The van der Waals surface area contributed by atoms with Crippen molar-refractivity contribution in [1.82, 2.24) is 9.80 Å². The molecule has 2 amide bonds. The fourth-order valence-corrected chi connectivity index (χ4v) is 5.25. The third-order valence-electron chi connectivity index (χ3n) is 6.71. The fourth-order valence-electron chi connectivity index (χ4n) is 4.98. The number of likely N-dealkylation sites (tertiary alicyclic amines) is 2. The highest BCUT2D eigenvalue weighted by Gasteiger charge is 2.36. The minimum atomic E-state index is -0.0261. The first kappa shape index (κ1) is 21.3. The van der Waals surface area contributed by atoms with Gasteiger partial charge in [-0.3, -0.25) is 9.59 Å². The molecule has 7 heteroatoms. The smallest absolute Gasteiger partial charge is 0.253 e. The van der Waals surface area contributed by atoms with Gasteiger partial charge in [0.15, 0.2) is 11.5 Å². The summed E-state index contributed by atoms with van der Waals surface area (Å²) in [6, 6.07) is 13.6. The van der Waals surface area contributed by atoms with E-state index >= 15 is 0 Å². The molecule has 3 heterocycles. The summed E-state index contributed by atoms with van der Waals surface area (Å²) in [5.74, 6) is 1.78. The Bertz CT molecular complexity index is 1000. The molecule has 5 rings (SSSR count). The summed E-state index contributed by atoms with van der Waals surface area (Å²) in [6.07, 6.45) is 3.40. The van der Waals surface area contributed by atoms with Crippen molar-refractivity contribution in [2.24, 2.45) is 5.92 Å². The summed E-state index contributed by atoms with van der Waals surface area (Å²) in [6.45, 7) is 3.16. The van der Waals surface area contributed by atoms with Gasteiger partial charge in [0.05, 0.1) is 6.04 Å². The molecule has 3 aliphatic rings.